The van der Waals surface area contributed by atoms with Gasteiger partial charge in [-0.3, -0.25) is 4.79 Å². The van der Waals surface area contributed by atoms with Crippen LogP contribution in [0.1, 0.15) is 13.3 Å². The van der Waals surface area contributed by atoms with Gasteiger partial charge in [0.25, 0.3) is 0 Å². The molecule has 0 fully saturated rings. The maximum Gasteiger partial charge on any atom is 0.228 e. The Kier molecular flexibility index (Phi) is 1.39. The van der Waals surface area contributed by atoms with E-state index in [4.69, 9.17) is 0 Å². The standard InChI is InChI=1S/C7H9NO/c1-5(2)6-3-4-7(9)8-6/h3H,1,4H2,2H3,(H,8,9). The van der Waals surface area contributed by atoms with E-state index in [2.05, 4.69) is 11.9 Å². The highest BCUT2D eigenvalue weighted by Gasteiger charge is 2.10. The zero-order valence-corrected chi connectivity index (χ0v) is 5.40. The Balaban J connectivity index is 2.65. The summed E-state index contributed by atoms with van der Waals surface area (Å²) in [4.78, 5) is 10.6. The van der Waals surface area contributed by atoms with Crippen LogP contribution in [-0.4, -0.2) is 5.91 Å². The number of hydrogen-bond donors (Lipinski definition) is 1. The SMILES string of the molecule is C=C(C)C1=CCC(=O)N1. The van der Waals surface area contributed by atoms with Crippen molar-refractivity contribution in [1.29, 1.82) is 0 Å². The molecule has 9 heavy (non-hydrogen) atoms. The molecule has 0 aromatic carbocycles. The van der Waals surface area contributed by atoms with Crippen molar-refractivity contribution in [1.82, 2.24) is 5.32 Å². The summed E-state index contributed by atoms with van der Waals surface area (Å²) in [5.74, 6) is 0.0630. The smallest absolute Gasteiger partial charge is 0.228 e. The lowest BCUT2D eigenvalue weighted by Crippen LogP contribution is -2.15. The van der Waals surface area contributed by atoms with Crippen LogP contribution < -0.4 is 5.32 Å². The zero-order chi connectivity index (χ0) is 6.85. The van der Waals surface area contributed by atoms with Crippen LogP contribution in [0.15, 0.2) is 23.9 Å². The van der Waals surface area contributed by atoms with Crippen molar-refractivity contribution in [2.75, 3.05) is 0 Å². The summed E-state index contributed by atoms with van der Waals surface area (Å²) in [5, 5.41) is 2.68. The van der Waals surface area contributed by atoms with Gasteiger partial charge in [-0.2, -0.15) is 0 Å². The van der Waals surface area contributed by atoms with Gasteiger partial charge in [-0.05, 0) is 12.5 Å². The molecule has 0 unspecified atom stereocenters. The number of amides is 1. The van der Waals surface area contributed by atoms with Crippen molar-refractivity contribution in [3.63, 3.8) is 0 Å². The first-order valence-corrected chi connectivity index (χ1v) is 2.86. The molecular weight excluding hydrogens is 114 g/mol. The highest BCUT2D eigenvalue weighted by atomic mass is 16.1. The van der Waals surface area contributed by atoms with Crippen molar-refractivity contribution >= 4 is 5.91 Å². The Morgan fingerprint density at radius 3 is 2.78 bits per heavy atom. The van der Waals surface area contributed by atoms with Crippen LogP contribution in [0.25, 0.3) is 0 Å². The minimum absolute atomic E-state index is 0.0630. The second kappa shape index (κ2) is 2.05. The van der Waals surface area contributed by atoms with Gasteiger partial charge in [0.15, 0.2) is 0 Å². The summed E-state index contributed by atoms with van der Waals surface area (Å²) in [7, 11) is 0. The molecule has 1 aliphatic rings. The van der Waals surface area contributed by atoms with E-state index >= 15 is 0 Å². The van der Waals surface area contributed by atoms with Crippen molar-refractivity contribution in [3.8, 4) is 0 Å². The molecule has 0 radical (unpaired) electrons. The molecule has 1 heterocycles. The highest BCUT2D eigenvalue weighted by molar-refractivity contribution is 5.83. The van der Waals surface area contributed by atoms with Crippen LogP contribution >= 0.6 is 0 Å². The third-order valence-electron chi connectivity index (χ3n) is 1.23. The summed E-state index contributed by atoms with van der Waals surface area (Å²) in [6.45, 7) is 5.56. The monoisotopic (exact) mass is 123 g/mol. The second-order valence-electron chi connectivity index (χ2n) is 2.15. The van der Waals surface area contributed by atoms with E-state index in [0.29, 0.717) is 6.42 Å². The number of hydrogen-bond acceptors (Lipinski definition) is 1. The van der Waals surface area contributed by atoms with E-state index in [9.17, 15) is 4.79 Å². The minimum atomic E-state index is 0.0630. The summed E-state index contributed by atoms with van der Waals surface area (Å²) in [6.07, 6.45) is 2.35. The summed E-state index contributed by atoms with van der Waals surface area (Å²) >= 11 is 0. The van der Waals surface area contributed by atoms with E-state index < -0.39 is 0 Å². The number of carbonyl (C=O) groups is 1. The van der Waals surface area contributed by atoms with Crippen LogP contribution in [0.3, 0.4) is 0 Å². The Labute approximate surface area is 54.3 Å². The lowest BCUT2D eigenvalue weighted by Gasteiger charge is -1.98. The highest BCUT2D eigenvalue weighted by Crippen LogP contribution is 2.09. The van der Waals surface area contributed by atoms with Crippen LogP contribution in [0.5, 0.6) is 0 Å². The van der Waals surface area contributed by atoms with Crippen LogP contribution in [0, 0.1) is 0 Å². The molecule has 0 aromatic heterocycles. The largest absolute Gasteiger partial charge is 0.326 e. The van der Waals surface area contributed by atoms with E-state index in [1.807, 2.05) is 13.0 Å². The molecule has 2 heteroatoms. The number of carbonyl (C=O) groups excluding carboxylic acids is 1. The molecule has 1 amide bonds. The van der Waals surface area contributed by atoms with Crippen LogP contribution in [0.2, 0.25) is 0 Å². The Morgan fingerprint density at radius 2 is 2.56 bits per heavy atom. The summed E-state index contributed by atoms with van der Waals surface area (Å²) < 4.78 is 0. The lowest BCUT2D eigenvalue weighted by molar-refractivity contribution is -0.118. The molecule has 0 saturated carbocycles. The van der Waals surface area contributed by atoms with Gasteiger partial charge < -0.3 is 5.32 Å². The van der Waals surface area contributed by atoms with Crippen molar-refractivity contribution in [2.45, 2.75) is 13.3 Å². The molecule has 0 saturated heterocycles. The summed E-state index contributed by atoms with van der Waals surface area (Å²) in [5.41, 5.74) is 1.79. The molecule has 0 spiro atoms. The Bertz CT molecular complexity index is 191. The Hall–Kier alpha value is -1.05. The Morgan fingerprint density at radius 1 is 1.89 bits per heavy atom. The van der Waals surface area contributed by atoms with E-state index in [1.54, 1.807) is 0 Å². The first-order valence-electron chi connectivity index (χ1n) is 2.86. The van der Waals surface area contributed by atoms with Crippen LogP contribution in [-0.2, 0) is 4.79 Å². The van der Waals surface area contributed by atoms with Gasteiger partial charge in [0.1, 0.15) is 0 Å². The van der Waals surface area contributed by atoms with E-state index in [0.717, 1.165) is 11.3 Å². The number of allylic oxidation sites excluding steroid dienone is 1. The van der Waals surface area contributed by atoms with Gasteiger partial charge in [0.2, 0.25) is 5.91 Å². The van der Waals surface area contributed by atoms with Gasteiger partial charge in [0.05, 0.1) is 0 Å². The molecule has 0 aliphatic carbocycles. The normalized spacial score (nSPS) is 17.0. The van der Waals surface area contributed by atoms with Gasteiger partial charge in [0, 0.05) is 12.1 Å². The first-order chi connectivity index (χ1) is 4.20. The predicted molar refractivity (Wildman–Crippen MR) is 35.7 cm³/mol. The average molecular weight is 123 g/mol. The van der Waals surface area contributed by atoms with E-state index in [1.165, 1.54) is 0 Å². The molecule has 2 nitrogen and oxygen atoms in total. The van der Waals surface area contributed by atoms with Crippen LogP contribution in [0.4, 0.5) is 0 Å². The third-order valence-corrected chi connectivity index (χ3v) is 1.23. The van der Waals surface area contributed by atoms with Gasteiger partial charge in [-0.1, -0.05) is 12.7 Å². The quantitative estimate of drug-likeness (QED) is 0.553. The van der Waals surface area contributed by atoms with Crippen molar-refractivity contribution < 1.29 is 4.79 Å². The maximum absolute atomic E-state index is 10.6. The average Bonchev–Trinajstić information content (AvgIpc) is 2.14. The molecule has 0 atom stereocenters. The topological polar surface area (TPSA) is 29.1 Å². The predicted octanol–water partition coefficient (Wildman–Crippen LogP) is 0.966. The lowest BCUT2D eigenvalue weighted by atomic mass is 10.2. The van der Waals surface area contributed by atoms with Crippen molar-refractivity contribution in [2.24, 2.45) is 0 Å². The number of nitrogens with one attached hydrogen (secondary N) is 1. The molecular formula is C7H9NO. The molecule has 1 rings (SSSR count). The third kappa shape index (κ3) is 1.19. The first kappa shape index (κ1) is 6.08. The van der Waals surface area contributed by atoms with Gasteiger partial charge in [-0.15, -0.1) is 0 Å². The molecule has 0 bridgehead atoms. The zero-order valence-electron chi connectivity index (χ0n) is 5.40. The van der Waals surface area contributed by atoms with Crippen molar-refractivity contribution in [3.05, 3.63) is 23.9 Å². The molecule has 1 aliphatic heterocycles. The number of rotatable bonds is 1. The van der Waals surface area contributed by atoms with E-state index in [-0.39, 0.29) is 5.91 Å². The molecule has 1 N–H and O–H groups in total. The second-order valence-corrected chi connectivity index (χ2v) is 2.15. The fourth-order valence-electron chi connectivity index (χ4n) is 0.728. The van der Waals surface area contributed by atoms with Gasteiger partial charge >= 0.3 is 0 Å². The summed E-state index contributed by atoms with van der Waals surface area (Å²) in [6, 6.07) is 0. The van der Waals surface area contributed by atoms with Gasteiger partial charge in [-0.25, -0.2) is 0 Å². The molecule has 0 aromatic rings. The minimum Gasteiger partial charge on any atom is -0.326 e. The fraction of sp³-hybridized carbons (Fsp3) is 0.286. The molecule has 48 valence electrons. The maximum atomic E-state index is 10.6. The fourth-order valence-corrected chi connectivity index (χ4v) is 0.728.